The van der Waals surface area contributed by atoms with Gasteiger partial charge in [0, 0.05) is 10.6 Å². The van der Waals surface area contributed by atoms with Crippen molar-refractivity contribution in [2.45, 2.75) is 11.8 Å². The summed E-state index contributed by atoms with van der Waals surface area (Å²) in [6.45, 7) is 2.55. The number of carbonyl (C=O) groups is 1. The van der Waals surface area contributed by atoms with Crippen molar-refractivity contribution in [3.63, 3.8) is 0 Å². The van der Waals surface area contributed by atoms with Gasteiger partial charge in [-0.15, -0.1) is 11.8 Å². The number of ether oxygens (including phenoxy) is 2. The summed E-state index contributed by atoms with van der Waals surface area (Å²) in [5, 5.41) is 10.2. The molecular formula is C25H24N4O3S3. The van der Waals surface area contributed by atoms with Gasteiger partial charge in [0.15, 0.2) is 10.2 Å². The van der Waals surface area contributed by atoms with Gasteiger partial charge in [-0.1, -0.05) is 29.5 Å². The maximum Gasteiger partial charge on any atom is 0.236 e. The molecule has 10 heteroatoms. The molecule has 0 saturated carbocycles. The predicted octanol–water partition coefficient (Wildman–Crippen LogP) is 6.24. The molecule has 3 aromatic carbocycles. The van der Waals surface area contributed by atoms with E-state index < -0.39 is 0 Å². The van der Waals surface area contributed by atoms with Crippen molar-refractivity contribution < 1.29 is 14.3 Å². The van der Waals surface area contributed by atoms with Gasteiger partial charge in [-0.3, -0.25) is 4.79 Å². The van der Waals surface area contributed by atoms with Crippen LogP contribution < -0.4 is 25.4 Å². The molecule has 1 amide bonds. The maximum atomic E-state index is 12.5. The Balaban J connectivity index is 1.31. The van der Waals surface area contributed by atoms with Gasteiger partial charge in [0.25, 0.3) is 0 Å². The topological polar surface area (TPSA) is 84.5 Å². The van der Waals surface area contributed by atoms with Gasteiger partial charge in [-0.05, 0) is 67.7 Å². The zero-order valence-corrected chi connectivity index (χ0v) is 21.6. The summed E-state index contributed by atoms with van der Waals surface area (Å²) in [7, 11) is 1.61. The second kappa shape index (κ2) is 11.9. The maximum absolute atomic E-state index is 12.5. The van der Waals surface area contributed by atoms with Crippen molar-refractivity contribution in [2.24, 2.45) is 0 Å². The fourth-order valence-corrected chi connectivity index (χ4v) is 5.11. The molecule has 7 nitrogen and oxygen atoms in total. The zero-order chi connectivity index (χ0) is 24.6. The number of thioether (sulfide) groups is 1. The van der Waals surface area contributed by atoms with Crippen LogP contribution in [0.5, 0.6) is 11.5 Å². The third kappa shape index (κ3) is 6.84. The van der Waals surface area contributed by atoms with Crippen molar-refractivity contribution in [3.8, 4) is 11.5 Å². The Morgan fingerprint density at radius 1 is 1.06 bits per heavy atom. The fourth-order valence-electron chi connectivity index (χ4n) is 3.22. The van der Waals surface area contributed by atoms with Gasteiger partial charge in [-0.25, -0.2) is 4.98 Å². The summed E-state index contributed by atoms with van der Waals surface area (Å²) in [4.78, 5) is 17.9. The monoisotopic (exact) mass is 524 g/mol. The molecular weight excluding hydrogens is 501 g/mol. The first-order valence-corrected chi connectivity index (χ1v) is 13.0. The number of nitrogens with one attached hydrogen (secondary N) is 3. The lowest BCUT2D eigenvalue weighted by Crippen LogP contribution is -2.19. The minimum Gasteiger partial charge on any atom is -0.495 e. The van der Waals surface area contributed by atoms with Crippen LogP contribution in [0, 0.1) is 0 Å². The van der Waals surface area contributed by atoms with Gasteiger partial charge >= 0.3 is 0 Å². The second-order valence-electron chi connectivity index (χ2n) is 7.23. The number of aromatic nitrogens is 1. The smallest absolute Gasteiger partial charge is 0.236 e. The van der Waals surface area contributed by atoms with E-state index in [-0.39, 0.29) is 11.7 Å². The average molecular weight is 525 g/mol. The quantitative estimate of drug-likeness (QED) is 0.175. The normalized spacial score (nSPS) is 10.6. The number of amides is 1. The molecule has 0 saturated heterocycles. The Morgan fingerprint density at radius 3 is 2.74 bits per heavy atom. The number of rotatable bonds is 9. The number of fused-ring (bicyclic) bond motifs is 1. The zero-order valence-electron chi connectivity index (χ0n) is 19.2. The lowest BCUT2D eigenvalue weighted by molar-refractivity contribution is -0.113. The molecule has 1 heterocycles. The Hall–Kier alpha value is -3.34. The molecule has 0 bridgehead atoms. The first-order valence-electron chi connectivity index (χ1n) is 10.8. The minimum atomic E-state index is -0.120. The Bertz CT molecular complexity index is 1340. The standard InChI is InChI=1S/C25H24N4O3S3/c1-3-32-17-11-12-20-22(14-17)35-25(28-20)29-23(30)15-34-18-8-6-7-16(13-18)26-24(33)27-19-9-4-5-10-21(19)31-2/h4-14H,3,15H2,1-2H3,(H2,26,27,33)(H,28,29,30). The molecule has 1 aromatic heterocycles. The number of thiazole rings is 1. The Kier molecular flexibility index (Phi) is 8.40. The molecule has 180 valence electrons. The van der Waals surface area contributed by atoms with E-state index in [1.54, 1.807) is 7.11 Å². The van der Waals surface area contributed by atoms with E-state index in [1.165, 1.54) is 23.1 Å². The van der Waals surface area contributed by atoms with Crippen molar-refractivity contribution in [2.75, 3.05) is 35.4 Å². The van der Waals surface area contributed by atoms with Crippen molar-refractivity contribution in [1.29, 1.82) is 0 Å². The number of hydrogen-bond donors (Lipinski definition) is 3. The van der Waals surface area contributed by atoms with E-state index in [9.17, 15) is 4.79 Å². The van der Waals surface area contributed by atoms with Gasteiger partial charge in [0.2, 0.25) is 5.91 Å². The van der Waals surface area contributed by atoms with Crippen molar-refractivity contribution in [3.05, 3.63) is 66.7 Å². The van der Waals surface area contributed by atoms with Crippen LogP contribution in [-0.2, 0) is 4.79 Å². The van der Waals surface area contributed by atoms with Gasteiger partial charge < -0.3 is 25.4 Å². The molecule has 0 fully saturated rings. The number of benzene rings is 3. The number of hydrogen-bond acceptors (Lipinski definition) is 7. The molecule has 0 unspecified atom stereocenters. The minimum absolute atomic E-state index is 0.120. The van der Waals surface area contributed by atoms with Gasteiger partial charge in [0.1, 0.15) is 11.5 Å². The van der Waals surface area contributed by atoms with Gasteiger partial charge in [0.05, 0.1) is 35.4 Å². The lowest BCUT2D eigenvalue weighted by Gasteiger charge is -2.13. The summed E-state index contributed by atoms with van der Waals surface area (Å²) in [5.74, 6) is 1.64. The van der Waals surface area contributed by atoms with Crippen LogP contribution in [0.25, 0.3) is 10.2 Å². The molecule has 0 radical (unpaired) electrons. The second-order valence-corrected chi connectivity index (χ2v) is 9.71. The molecule has 0 atom stereocenters. The number of thiocarbonyl (C=S) groups is 1. The van der Waals surface area contributed by atoms with E-state index in [1.807, 2.05) is 73.7 Å². The van der Waals surface area contributed by atoms with Crippen molar-refractivity contribution >= 4 is 73.1 Å². The van der Waals surface area contributed by atoms with Crippen LogP contribution in [0.1, 0.15) is 6.92 Å². The molecule has 4 rings (SSSR count). The molecule has 0 aliphatic rings. The number of carbonyl (C=O) groups excluding carboxylic acids is 1. The largest absolute Gasteiger partial charge is 0.495 e. The molecule has 0 aliphatic carbocycles. The molecule has 3 N–H and O–H groups in total. The van der Waals surface area contributed by atoms with Crippen molar-refractivity contribution in [1.82, 2.24) is 4.98 Å². The highest BCUT2D eigenvalue weighted by Gasteiger charge is 2.10. The van der Waals surface area contributed by atoms with E-state index in [0.717, 1.165) is 32.2 Å². The van der Waals surface area contributed by atoms with E-state index in [2.05, 4.69) is 20.9 Å². The third-order valence-electron chi connectivity index (χ3n) is 4.73. The third-order valence-corrected chi connectivity index (χ3v) is 6.87. The summed E-state index contributed by atoms with van der Waals surface area (Å²) in [5.41, 5.74) is 2.43. The summed E-state index contributed by atoms with van der Waals surface area (Å²) < 4.78 is 11.8. The number of para-hydroxylation sites is 2. The number of methoxy groups -OCH3 is 1. The van der Waals surface area contributed by atoms with Crippen LogP contribution >= 0.6 is 35.3 Å². The highest BCUT2D eigenvalue weighted by Crippen LogP contribution is 2.30. The van der Waals surface area contributed by atoms with E-state index >= 15 is 0 Å². The SMILES string of the molecule is CCOc1ccc2nc(NC(=O)CSc3cccc(NC(=S)Nc4ccccc4OC)c3)sc2c1. The lowest BCUT2D eigenvalue weighted by atomic mass is 10.3. The van der Waals surface area contributed by atoms with Crippen LogP contribution in [0.3, 0.4) is 0 Å². The highest BCUT2D eigenvalue weighted by molar-refractivity contribution is 8.00. The Labute approximate surface area is 217 Å². The molecule has 4 aromatic rings. The summed E-state index contributed by atoms with van der Waals surface area (Å²) in [6, 6.07) is 21.0. The van der Waals surface area contributed by atoms with Crippen LogP contribution in [0.2, 0.25) is 0 Å². The number of anilines is 3. The first kappa shape index (κ1) is 24.8. The first-order chi connectivity index (χ1) is 17.0. The van der Waals surface area contributed by atoms with E-state index in [4.69, 9.17) is 21.7 Å². The van der Waals surface area contributed by atoms with Crippen LogP contribution in [0.15, 0.2) is 71.6 Å². The molecule has 35 heavy (non-hydrogen) atoms. The van der Waals surface area contributed by atoms with Crippen LogP contribution in [-0.4, -0.2) is 35.5 Å². The summed E-state index contributed by atoms with van der Waals surface area (Å²) in [6.07, 6.45) is 0. The average Bonchev–Trinajstić information content (AvgIpc) is 3.25. The Morgan fingerprint density at radius 2 is 1.91 bits per heavy atom. The highest BCUT2D eigenvalue weighted by atomic mass is 32.2. The molecule has 0 aliphatic heterocycles. The van der Waals surface area contributed by atoms with Crippen LogP contribution in [0.4, 0.5) is 16.5 Å². The predicted molar refractivity (Wildman–Crippen MR) is 149 cm³/mol. The molecule has 0 spiro atoms. The fraction of sp³-hybridized carbons (Fsp3) is 0.160. The van der Waals surface area contributed by atoms with Gasteiger partial charge in [-0.2, -0.15) is 0 Å². The summed E-state index contributed by atoms with van der Waals surface area (Å²) >= 11 is 8.30. The van der Waals surface area contributed by atoms with E-state index in [0.29, 0.717) is 22.6 Å². The number of nitrogens with zero attached hydrogens (tertiary/aromatic N) is 1.